The van der Waals surface area contributed by atoms with Crippen molar-refractivity contribution in [2.24, 2.45) is 0 Å². The molecule has 0 N–H and O–H groups in total. The summed E-state index contributed by atoms with van der Waals surface area (Å²) < 4.78 is 12.1. The van der Waals surface area contributed by atoms with Gasteiger partial charge in [-0.05, 0) is 30.0 Å². The van der Waals surface area contributed by atoms with Crippen LogP contribution in [0.2, 0.25) is 0 Å². The second-order valence-corrected chi connectivity index (χ2v) is 5.73. The molecule has 0 saturated heterocycles. The topological polar surface area (TPSA) is 18.5 Å². The molecule has 1 aliphatic heterocycles. The molecule has 0 aliphatic carbocycles. The first-order chi connectivity index (χ1) is 10.8. The maximum atomic E-state index is 6.23. The van der Waals surface area contributed by atoms with Crippen LogP contribution in [-0.4, -0.2) is 12.7 Å². The van der Waals surface area contributed by atoms with Crippen LogP contribution in [0, 0.1) is 0 Å². The SMILES string of the molecule is CC1=CC[C@H](COCc2ccccc2)OC1c1ccccc1. The molecule has 0 spiro atoms. The number of ether oxygens (including phenoxy) is 2. The number of benzene rings is 2. The lowest BCUT2D eigenvalue weighted by Crippen LogP contribution is -2.26. The third-order valence-electron chi connectivity index (χ3n) is 3.96. The summed E-state index contributed by atoms with van der Waals surface area (Å²) in [6, 6.07) is 20.6. The van der Waals surface area contributed by atoms with Gasteiger partial charge in [0.2, 0.25) is 0 Å². The van der Waals surface area contributed by atoms with Crippen molar-refractivity contribution in [1.29, 1.82) is 0 Å². The first-order valence-corrected chi connectivity index (χ1v) is 7.81. The van der Waals surface area contributed by atoms with Gasteiger partial charge in [-0.2, -0.15) is 0 Å². The van der Waals surface area contributed by atoms with Gasteiger partial charge in [-0.3, -0.25) is 0 Å². The lowest BCUT2D eigenvalue weighted by molar-refractivity contribution is -0.0552. The van der Waals surface area contributed by atoms with Crippen LogP contribution in [0.15, 0.2) is 72.3 Å². The van der Waals surface area contributed by atoms with E-state index in [2.05, 4.69) is 49.4 Å². The zero-order chi connectivity index (χ0) is 15.2. The summed E-state index contributed by atoms with van der Waals surface area (Å²) in [4.78, 5) is 0. The molecule has 0 bridgehead atoms. The summed E-state index contributed by atoms with van der Waals surface area (Å²) in [7, 11) is 0. The predicted octanol–water partition coefficient (Wildman–Crippen LogP) is 4.68. The molecule has 2 atom stereocenters. The smallest absolute Gasteiger partial charge is 0.104 e. The lowest BCUT2D eigenvalue weighted by Gasteiger charge is -2.29. The Bertz CT molecular complexity index is 604. The third kappa shape index (κ3) is 3.85. The van der Waals surface area contributed by atoms with E-state index in [-0.39, 0.29) is 12.2 Å². The number of hydrogen-bond donors (Lipinski definition) is 0. The van der Waals surface area contributed by atoms with Crippen molar-refractivity contribution in [3.05, 3.63) is 83.4 Å². The van der Waals surface area contributed by atoms with E-state index in [1.165, 1.54) is 16.7 Å². The summed E-state index contributed by atoms with van der Waals surface area (Å²) >= 11 is 0. The van der Waals surface area contributed by atoms with Gasteiger partial charge in [0.15, 0.2) is 0 Å². The summed E-state index contributed by atoms with van der Waals surface area (Å²) in [5, 5.41) is 0. The van der Waals surface area contributed by atoms with Gasteiger partial charge in [0.25, 0.3) is 0 Å². The van der Waals surface area contributed by atoms with Gasteiger partial charge < -0.3 is 9.47 Å². The molecule has 2 nitrogen and oxygen atoms in total. The van der Waals surface area contributed by atoms with Crippen molar-refractivity contribution in [2.75, 3.05) is 6.61 Å². The van der Waals surface area contributed by atoms with E-state index in [9.17, 15) is 0 Å². The number of rotatable bonds is 5. The third-order valence-corrected chi connectivity index (χ3v) is 3.96. The van der Waals surface area contributed by atoms with Gasteiger partial charge in [0, 0.05) is 0 Å². The van der Waals surface area contributed by atoms with Crippen molar-refractivity contribution in [2.45, 2.75) is 32.2 Å². The van der Waals surface area contributed by atoms with Crippen LogP contribution < -0.4 is 0 Å². The van der Waals surface area contributed by atoms with Crippen LogP contribution >= 0.6 is 0 Å². The quantitative estimate of drug-likeness (QED) is 0.745. The van der Waals surface area contributed by atoms with Gasteiger partial charge in [0.05, 0.1) is 19.3 Å². The molecular weight excluding hydrogens is 272 g/mol. The van der Waals surface area contributed by atoms with Crippen molar-refractivity contribution in [3.8, 4) is 0 Å². The number of hydrogen-bond acceptors (Lipinski definition) is 2. The van der Waals surface area contributed by atoms with Gasteiger partial charge in [-0.1, -0.05) is 66.7 Å². The molecule has 0 fully saturated rings. The molecule has 1 unspecified atom stereocenters. The maximum absolute atomic E-state index is 6.23. The first-order valence-electron chi connectivity index (χ1n) is 7.81. The summed E-state index contributed by atoms with van der Waals surface area (Å²) in [6.07, 6.45) is 3.37. The molecule has 1 heterocycles. The molecule has 22 heavy (non-hydrogen) atoms. The van der Waals surface area contributed by atoms with E-state index >= 15 is 0 Å². The van der Waals surface area contributed by atoms with Gasteiger partial charge >= 0.3 is 0 Å². The molecule has 114 valence electrons. The second kappa shape index (κ2) is 7.39. The van der Waals surface area contributed by atoms with Crippen LogP contribution in [0.5, 0.6) is 0 Å². The molecular formula is C20H22O2. The minimum atomic E-state index is 0.0558. The highest BCUT2D eigenvalue weighted by molar-refractivity contribution is 5.26. The molecule has 0 radical (unpaired) electrons. The van der Waals surface area contributed by atoms with Crippen LogP contribution in [0.3, 0.4) is 0 Å². The maximum Gasteiger partial charge on any atom is 0.104 e. The Morgan fingerprint density at radius 3 is 2.41 bits per heavy atom. The Labute approximate surface area is 132 Å². The highest BCUT2D eigenvalue weighted by Gasteiger charge is 2.23. The van der Waals surface area contributed by atoms with E-state index < -0.39 is 0 Å². The van der Waals surface area contributed by atoms with Gasteiger partial charge in [0.1, 0.15) is 6.10 Å². The van der Waals surface area contributed by atoms with Crippen molar-refractivity contribution in [3.63, 3.8) is 0 Å². The Morgan fingerprint density at radius 1 is 1.00 bits per heavy atom. The minimum absolute atomic E-state index is 0.0558. The molecule has 2 heteroatoms. The van der Waals surface area contributed by atoms with Crippen LogP contribution in [0.25, 0.3) is 0 Å². The lowest BCUT2D eigenvalue weighted by atomic mass is 9.98. The minimum Gasteiger partial charge on any atom is -0.374 e. The zero-order valence-electron chi connectivity index (χ0n) is 12.9. The van der Waals surface area contributed by atoms with Crippen LogP contribution in [0.1, 0.15) is 30.6 Å². The Kier molecular flexibility index (Phi) is 5.04. The van der Waals surface area contributed by atoms with Crippen molar-refractivity contribution < 1.29 is 9.47 Å². The molecule has 2 aromatic rings. The molecule has 2 aromatic carbocycles. The first kappa shape index (κ1) is 15.0. The predicted molar refractivity (Wildman–Crippen MR) is 88.5 cm³/mol. The van der Waals surface area contributed by atoms with Crippen molar-refractivity contribution in [1.82, 2.24) is 0 Å². The fourth-order valence-electron chi connectivity index (χ4n) is 2.74. The fourth-order valence-corrected chi connectivity index (χ4v) is 2.74. The van der Waals surface area contributed by atoms with E-state index in [0.29, 0.717) is 13.2 Å². The Balaban J connectivity index is 1.55. The normalized spacial score (nSPS) is 21.4. The average Bonchev–Trinajstić information content (AvgIpc) is 2.58. The van der Waals surface area contributed by atoms with E-state index in [4.69, 9.17) is 9.47 Å². The fraction of sp³-hybridized carbons (Fsp3) is 0.300. The molecule has 3 rings (SSSR count). The monoisotopic (exact) mass is 294 g/mol. The van der Waals surface area contributed by atoms with E-state index in [1.54, 1.807) is 0 Å². The largest absolute Gasteiger partial charge is 0.374 e. The highest BCUT2D eigenvalue weighted by Crippen LogP contribution is 2.32. The zero-order valence-corrected chi connectivity index (χ0v) is 12.9. The van der Waals surface area contributed by atoms with Gasteiger partial charge in [-0.15, -0.1) is 0 Å². The summed E-state index contributed by atoms with van der Waals surface area (Å²) in [6.45, 7) is 3.40. The van der Waals surface area contributed by atoms with Crippen LogP contribution in [0.4, 0.5) is 0 Å². The molecule has 0 aromatic heterocycles. The van der Waals surface area contributed by atoms with Gasteiger partial charge in [-0.25, -0.2) is 0 Å². The highest BCUT2D eigenvalue weighted by atomic mass is 16.5. The molecule has 0 saturated carbocycles. The molecule has 0 amide bonds. The Hall–Kier alpha value is -1.90. The van der Waals surface area contributed by atoms with E-state index in [0.717, 1.165) is 6.42 Å². The average molecular weight is 294 g/mol. The summed E-state index contributed by atoms with van der Waals surface area (Å²) in [5.74, 6) is 0. The Morgan fingerprint density at radius 2 is 1.68 bits per heavy atom. The second-order valence-electron chi connectivity index (χ2n) is 5.73. The summed E-state index contributed by atoms with van der Waals surface area (Å²) in [5.41, 5.74) is 3.69. The van der Waals surface area contributed by atoms with Crippen LogP contribution in [-0.2, 0) is 16.1 Å². The molecule has 1 aliphatic rings. The van der Waals surface area contributed by atoms with Crippen molar-refractivity contribution >= 4 is 0 Å². The standard InChI is InChI=1S/C20H22O2/c1-16-12-13-19(15-21-14-17-8-4-2-5-9-17)22-20(16)18-10-6-3-7-11-18/h2-12,19-20H,13-15H2,1H3/t19-,20?/m1/s1. The van der Waals surface area contributed by atoms with E-state index in [1.807, 2.05) is 24.3 Å².